The molecule has 0 radical (unpaired) electrons. The Kier molecular flexibility index (Phi) is 7.45. The minimum atomic E-state index is -1.41. The topological polar surface area (TPSA) is 240 Å². The van der Waals surface area contributed by atoms with Crippen LogP contribution in [0.15, 0.2) is 39.3 Å². The van der Waals surface area contributed by atoms with Crippen LogP contribution in [0.4, 0.5) is 11.1 Å². The number of hydrogen-bond acceptors (Lipinski definition) is 13. The van der Waals surface area contributed by atoms with Crippen molar-refractivity contribution in [1.29, 1.82) is 0 Å². The number of aliphatic carboxylic acids is 2. The van der Waals surface area contributed by atoms with Gasteiger partial charge in [0.1, 0.15) is 27.1 Å². The summed E-state index contributed by atoms with van der Waals surface area (Å²) in [5.74, 6) is -4.02. The van der Waals surface area contributed by atoms with Gasteiger partial charge in [-0.05, 0) is 6.92 Å². The number of hydrogen-bond donors (Lipinski definition) is 5. The number of fused-ring (bicyclic) bond motifs is 2. The fourth-order valence-electron chi connectivity index (χ4n) is 4.10. The highest BCUT2D eigenvalue weighted by atomic mass is 35.5. The first-order valence-electron chi connectivity index (χ1n) is 11.6. The Morgan fingerprint density at radius 1 is 1.37 bits per heavy atom. The van der Waals surface area contributed by atoms with Crippen molar-refractivity contribution in [1.82, 2.24) is 20.2 Å². The number of carbonyl (C=O) groups is 4. The van der Waals surface area contributed by atoms with E-state index in [9.17, 15) is 24.3 Å². The molecule has 0 aromatic carbocycles. The lowest BCUT2D eigenvalue weighted by atomic mass is 10.0. The molecular weight excluding hydrogens is 604 g/mol. The molecule has 7 N–H and O–H groups in total. The maximum atomic E-state index is 13.2. The molecule has 2 aliphatic heterocycles. The van der Waals surface area contributed by atoms with Gasteiger partial charge in [0.2, 0.25) is 6.10 Å². The van der Waals surface area contributed by atoms with Crippen LogP contribution >= 0.6 is 34.7 Å². The number of rotatable bonds is 9. The summed E-state index contributed by atoms with van der Waals surface area (Å²) < 4.78 is 6.94. The number of thiazole rings is 1. The molecular formula is C22H20ClN8O8S2+. The van der Waals surface area contributed by atoms with Gasteiger partial charge in [-0.25, -0.2) is 14.6 Å². The molecule has 0 saturated carbocycles. The van der Waals surface area contributed by atoms with Crippen LogP contribution in [0.3, 0.4) is 0 Å². The highest BCUT2D eigenvalue weighted by molar-refractivity contribution is 8.00. The summed E-state index contributed by atoms with van der Waals surface area (Å²) in [5, 5.41) is 24.5. The molecule has 19 heteroatoms. The van der Waals surface area contributed by atoms with Gasteiger partial charge in [-0.2, -0.15) is 9.55 Å². The Bertz CT molecular complexity index is 1670. The van der Waals surface area contributed by atoms with E-state index >= 15 is 0 Å². The lowest BCUT2D eigenvalue weighted by Crippen LogP contribution is -2.71. The highest BCUT2D eigenvalue weighted by Gasteiger charge is 2.55. The van der Waals surface area contributed by atoms with Crippen LogP contribution in [0, 0.1) is 0 Å². The van der Waals surface area contributed by atoms with Gasteiger partial charge < -0.3 is 36.3 Å². The highest BCUT2D eigenvalue weighted by Crippen LogP contribution is 2.40. The fourth-order valence-corrected chi connectivity index (χ4v) is 6.37. The van der Waals surface area contributed by atoms with E-state index in [0.29, 0.717) is 16.7 Å². The fraction of sp³-hybridized carbons (Fsp3) is 0.273. The normalized spacial score (nSPS) is 19.5. The lowest BCUT2D eigenvalue weighted by Gasteiger charge is -2.49. The van der Waals surface area contributed by atoms with E-state index in [1.807, 2.05) is 0 Å². The number of oxime groups is 1. The number of carbonyl (C=O) groups excluding carboxylic acids is 2. The van der Waals surface area contributed by atoms with Crippen LogP contribution in [-0.4, -0.2) is 77.8 Å². The first-order chi connectivity index (χ1) is 19.4. The van der Waals surface area contributed by atoms with Crippen LogP contribution < -0.4 is 21.4 Å². The van der Waals surface area contributed by atoms with Crippen LogP contribution in [0.1, 0.15) is 12.6 Å². The van der Waals surface area contributed by atoms with Crippen molar-refractivity contribution in [2.75, 3.05) is 17.2 Å². The third-order valence-electron chi connectivity index (χ3n) is 6.00. The molecule has 0 bridgehead atoms. The number of halogens is 1. The van der Waals surface area contributed by atoms with E-state index in [1.165, 1.54) is 18.7 Å². The summed E-state index contributed by atoms with van der Waals surface area (Å²) in [4.78, 5) is 63.8. The molecule has 3 atom stereocenters. The molecule has 5 heterocycles. The number of nitrogens with two attached hydrogens (primary N) is 2. The second-order valence-electron chi connectivity index (χ2n) is 8.74. The number of thioether (sulfide) groups is 1. The van der Waals surface area contributed by atoms with Crippen molar-refractivity contribution < 1.29 is 43.2 Å². The van der Waals surface area contributed by atoms with Crippen molar-refractivity contribution in [3.8, 4) is 0 Å². The van der Waals surface area contributed by atoms with E-state index in [2.05, 4.69) is 20.4 Å². The Morgan fingerprint density at radius 2 is 2.12 bits per heavy atom. The van der Waals surface area contributed by atoms with Gasteiger partial charge in [0.25, 0.3) is 17.8 Å². The summed E-state index contributed by atoms with van der Waals surface area (Å²) >= 11 is 8.23. The van der Waals surface area contributed by atoms with Gasteiger partial charge in [-0.1, -0.05) is 28.1 Å². The number of anilines is 2. The zero-order valence-electron chi connectivity index (χ0n) is 20.8. The molecule has 1 saturated heterocycles. The van der Waals surface area contributed by atoms with E-state index < -0.39 is 47.0 Å². The van der Waals surface area contributed by atoms with Gasteiger partial charge in [-0.3, -0.25) is 14.5 Å². The SMILES string of the molecule is C[C@H](O/N=C(\C(=O)NC1C(=O)N2C(C(=O)O)=C(C[n+]3ccc4oc(N)nc4c3)CS[C@H]12)c1nc(N)sc1Cl)C(=O)O. The van der Waals surface area contributed by atoms with Crippen molar-refractivity contribution in [2.45, 2.75) is 31.0 Å². The molecule has 5 rings (SSSR count). The number of nitrogens with zero attached hydrogens (tertiary/aromatic N) is 5. The van der Waals surface area contributed by atoms with Crippen LogP contribution in [-0.2, 0) is 30.6 Å². The number of amides is 2. The standard InChI is InChI=1S/C22H19ClN8O8S2/c1-7(19(34)35)39-29-12(11-15(23)41-22(25)28-11)16(32)27-13-17(33)31-14(20(36)37)8(6-40-18(13)31)4-30-3-2-10-9(5-30)26-21(24)38-10/h2-3,5,7,13,18H,4,6H2,1H3,(H6-,24,25,26,27,28,32,34,35,36,37)/p+1/b29-12-/t7-,13?,18+/m0/s1. The molecule has 3 aromatic rings. The van der Waals surface area contributed by atoms with Crippen molar-refractivity contribution in [2.24, 2.45) is 5.16 Å². The van der Waals surface area contributed by atoms with Crippen molar-refractivity contribution in [3.63, 3.8) is 0 Å². The Labute approximate surface area is 242 Å². The van der Waals surface area contributed by atoms with Crippen molar-refractivity contribution >= 4 is 86.4 Å². The second kappa shape index (κ2) is 10.9. The van der Waals surface area contributed by atoms with Crippen LogP contribution in [0.25, 0.3) is 11.1 Å². The van der Waals surface area contributed by atoms with E-state index in [0.717, 1.165) is 16.2 Å². The molecule has 2 aliphatic rings. The summed E-state index contributed by atoms with van der Waals surface area (Å²) in [6, 6.07) is 0.513. The molecule has 214 valence electrons. The molecule has 41 heavy (non-hydrogen) atoms. The zero-order valence-corrected chi connectivity index (χ0v) is 23.2. The molecule has 0 spiro atoms. The van der Waals surface area contributed by atoms with Gasteiger partial charge >= 0.3 is 11.9 Å². The maximum absolute atomic E-state index is 13.2. The number of nitrogen functional groups attached to an aromatic ring is 2. The summed E-state index contributed by atoms with van der Waals surface area (Å²) in [7, 11) is 0. The van der Waals surface area contributed by atoms with Gasteiger partial charge in [0.05, 0.1) is 0 Å². The zero-order chi connectivity index (χ0) is 29.6. The van der Waals surface area contributed by atoms with Gasteiger partial charge in [0.15, 0.2) is 40.9 Å². The van der Waals surface area contributed by atoms with Crippen LogP contribution in [0.5, 0.6) is 0 Å². The Morgan fingerprint density at radius 3 is 2.78 bits per heavy atom. The smallest absolute Gasteiger partial charge is 0.352 e. The monoisotopic (exact) mass is 623 g/mol. The third kappa shape index (κ3) is 5.35. The quantitative estimate of drug-likeness (QED) is 0.0915. The summed E-state index contributed by atoms with van der Waals surface area (Å²) in [5.41, 5.74) is 11.8. The minimum Gasteiger partial charge on any atom is -0.478 e. The average molecular weight is 624 g/mol. The maximum Gasteiger partial charge on any atom is 0.352 e. The molecule has 1 unspecified atom stereocenters. The summed E-state index contributed by atoms with van der Waals surface area (Å²) in [6.07, 6.45) is 1.90. The minimum absolute atomic E-state index is 0.00444. The predicted molar refractivity (Wildman–Crippen MR) is 145 cm³/mol. The number of pyridine rings is 1. The number of aromatic nitrogens is 3. The molecule has 0 aliphatic carbocycles. The molecule has 1 fully saturated rings. The number of carboxylic acid groups (broad SMARTS) is 2. The van der Waals surface area contributed by atoms with Gasteiger partial charge in [-0.15, -0.1) is 11.8 Å². The molecule has 16 nitrogen and oxygen atoms in total. The lowest BCUT2D eigenvalue weighted by molar-refractivity contribution is -0.687. The average Bonchev–Trinajstić information content (AvgIpc) is 3.45. The second-order valence-corrected chi connectivity index (χ2v) is 11.5. The number of β-lactam (4-membered cyclic amide) rings is 1. The number of oxazole rings is 1. The Balaban J connectivity index is 1.37. The molecule has 3 aromatic heterocycles. The van der Waals surface area contributed by atoms with Crippen LogP contribution in [0.2, 0.25) is 4.34 Å². The van der Waals surface area contributed by atoms with E-state index in [4.69, 9.17) is 37.4 Å². The van der Waals surface area contributed by atoms with Gasteiger partial charge in [0, 0.05) is 17.4 Å². The first kappa shape index (κ1) is 28.1. The van der Waals surface area contributed by atoms with E-state index in [-0.39, 0.29) is 39.2 Å². The van der Waals surface area contributed by atoms with Crippen molar-refractivity contribution in [3.05, 3.63) is 39.8 Å². The largest absolute Gasteiger partial charge is 0.478 e. The summed E-state index contributed by atoms with van der Waals surface area (Å²) in [6.45, 7) is 1.34. The predicted octanol–water partition coefficient (Wildman–Crippen LogP) is 0.0222. The first-order valence-corrected chi connectivity index (χ1v) is 13.8. The third-order valence-corrected chi connectivity index (χ3v) is 8.43. The molecule has 2 amide bonds. The number of nitrogens with one attached hydrogen (secondary N) is 1. The van der Waals surface area contributed by atoms with E-state index in [1.54, 1.807) is 23.0 Å². The number of carboxylic acids is 2. The Hall–Kier alpha value is -4.42.